The van der Waals surface area contributed by atoms with Crippen LogP contribution < -0.4 is 5.32 Å². The summed E-state index contributed by atoms with van der Waals surface area (Å²) in [5.74, 6) is -0.158. The van der Waals surface area contributed by atoms with Gasteiger partial charge in [0.25, 0.3) is 5.91 Å². The van der Waals surface area contributed by atoms with E-state index in [-0.39, 0.29) is 12.5 Å². The number of hydrogen-bond donors (Lipinski definition) is 2. The van der Waals surface area contributed by atoms with Crippen molar-refractivity contribution in [2.75, 3.05) is 6.54 Å². The standard InChI is InChI=1S/C13H12INO2S/c14-11-4-2-1-3-10(11)13(17)15-7-12(16)9-5-6-18-8-9/h1-6,8,12,16H,7H2,(H,15,17). The zero-order chi connectivity index (χ0) is 13.0. The monoisotopic (exact) mass is 373 g/mol. The minimum atomic E-state index is -0.651. The Morgan fingerprint density at radius 3 is 2.83 bits per heavy atom. The van der Waals surface area contributed by atoms with E-state index in [1.165, 1.54) is 11.3 Å². The maximum Gasteiger partial charge on any atom is 0.252 e. The summed E-state index contributed by atoms with van der Waals surface area (Å²) in [5.41, 5.74) is 1.47. The molecule has 1 atom stereocenters. The van der Waals surface area contributed by atoms with E-state index in [2.05, 4.69) is 27.9 Å². The van der Waals surface area contributed by atoms with Crippen LogP contribution in [0, 0.1) is 3.57 Å². The molecule has 0 saturated carbocycles. The number of amides is 1. The van der Waals surface area contributed by atoms with Gasteiger partial charge in [0.05, 0.1) is 11.7 Å². The summed E-state index contributed by atoms with van der Waals surface area (Å²) >= 11 is 3.65. The molecule has 1 amide bonds. The van der Waals surface area contributed by atoms with Crippen LogP contribution in [0.1, 0.15) is 22.0 Å². The van der Waals surface area contributed by atoms with Crippen molar-refractivity contribution in [1.82, 2.24) is 5.32 Å². The molecule has 0 aliphatic rings. The van der Waals surface area contributed by atoms with Gasteiger partial charge in [-0.1, -0.05) is 12.1 Å². The fraction of sp³-hybridized carbons (Fsp3) is 0.154. The van der Waals surface area contributed by atoms with Crippen molar-refractivity contribution in [2.45, 2.75) is 6.10 Å². The van der Waals surface area contributed by atoms with Crippen LogP contribution >= 0.6 is 33.9 Å². The lowest BCUT2D eigenvalue weighted by Gasteiger charge is -2.11. The van der Waals surface area contributed by atoms with Crippen LogP contribution in [-0.4, -0.2) is 17.6 Å². The highest BCUT2D eigenvalue weighted by atomic mass is 127. The first-order chi connectivity index (χ1) is 8.68. The van der Waals surface area contributed by atoms with Crippen molar-refractivity contribution in [1.29, 1.82) is 0 Å². The second-order valence-corrected chi connectivity index (χ2v) is 5.70. The number of hydrogen-bond acceptors (Lipinski definition) is 3. The molecule has 18 heavy (non-hydrogen) atoms. The first-order valence-electron chi connectivity index (χ1n) is 5.41. The second-order valence-electron chi connectivity index (χ2n) is 3.76. The van der Waals surface area contributed by atoms with Crippen LogP contribution in [-0.2, 0) is 0 Å². The van der Waals surface area contributed by atoms with E-state index in [0.29, 0.717) is 5.56 Å². The van der Waals surface area contributed by atoms with Gasteiger partial charge in [-0.15, -0.1) is 0 Å². The van der Waals surface area contributed by atoms with E-state index in [0.717, 1.165) is 9.13 Å². The molecular formula is C13H12INO2S. The predicted octanol–water partition coefficient (Wildman–Crippen LogP) is 2.82. The Hall–Kier alpha value is -0.920. The first kappa shape index (κ1) is 13.5. The molecule has 0 saturated heterocycles. The van der Waals surface area contributed by atoms with Gasteiger partial charge in [0.1, 0.15) is 0 Å². The summed E-state index contributed by atoms with van der Waals surface area (Å²) in [6, 6.07) is 9.22. The van der Waals surface area contributed by atoms with Gasteiger partial charge in [0.15, 0.2) is 0 Å². The minimum Gasteiger partial charge on any atom is -0.387 e. The van der Waals surface area contributed by atoms with E-state index >= 15 is 0 Å². The maximum atomic E-state index is 11.9. The summed E-state index contributed by atoms with van der Waals surface area (Å²) in [5, 5.41) is 16.4. The maximum absolute atomic E-state index is 11.9. The van der Waals surface area contributed by atoms with Crippen LogP contribution in [0.3, 0.4) is 0 Å². The van der Waals surface area contributed by atoms with Crippen LogP contribution in [0.15, 0.2) is 41.1 Å². The lowest BCUT2D eigenvalue weighted by atomic mass is 10.2. The molecule has 0 fully saturated rings. The molecule has 2 N–H and O–H groups in total. The molecule has 0 bridgehead atoms. The Labute approximate surface area is 123 Å². The molecule has 94 valence electrons. The van der Waals surface area contributed by atoms with E-state index in [1.54, 1.807) is 6.07 Å². The molecule has 1 heterocycles. The molecule has 1 unspecified atom stereocenters. The van der Waals surface area contributed by atoms with Crippen molar-refractivity contribution in [3.8, 4) is 0 Å². The molecule has 0 aliphatic carbocycles. The Morgan fingerprint density at radius 2 is 2.17 bits per heavy atom. The number of benzene rings is 1. The second kappa shape index (κ2) is 6.31. The summed E-state index contributed by atoms with van der Waals surface area (Å²) in [6.07, 6.45) is -0.651. The third kappa shape index (κ3) is 3.30. The number of aliphatic hydroxyl groups excluding tert-OH is 1. The van der Waals surface area contributed by atoms with Gasteiger partial charge in [-0.3, -0.25) is 4.79 Å². The summed E-state index contributed by atoms with van der Waals surface area (Å²) in [7, 11) is 0. The first-order valence-corrected chi connectivity index (χ1v) is 7.43. The smallest absolute Gasteiger partial charge is 0.252 e. The van der Waals surface area contributed by atoms with Crippen LogP contribution in [0.25, 0.3) is 0 Å². The van der Waals surface area contributed by atoms with E-state index in [9.17, 15) is 9.90 Å². The lowest BCUT2D eigenvalue weighted by Crippen LogP contribution is -2.28. The van der Waals surface area contributed by atoms with Gasteiger partial charge in [0.2, 0.25) is 0 Å². The average Bonchev–Trinajstić information content (AvgIpc) is 2.90. The Morgan fingerprint density at radius 1 is 1.39 bits per heavy atom. The Bertz CT molecular complexity index is 528. The lowest BCUT2D eigenvalue weighted by molar-refractivity contribution is 0.0915. The van der Waals surface area contributed by atoms with E-state index < -0.39 is 6.10 Å². The molecular weight excluding hydrogens is 361 g/mol. The fourth-order valence-electron chi connectivity index (χ4n) is 1.51. The van der Waals surface area contributed by atoms with Crippen LogP contribution in [0.5, 0.6) is 0 Å². The molecule has 3 nitrogen and oxygen atoms in total. The van der Waals surface area contributed by atoms with Crippen molar-refractivity contribution < 1.29 is 9.90 Å². The summed E-state index contributed by atoms with van der Waals surface area (Å²) in [6.45, 7) is 0.223. The molecule has 2 rings (SSSR count). The summed E-state index contributed by atoms with van der Waals surface area (Å²) < 4.78 is 0.901. The number of halogens is 1. The number of nitrogens with one attached hydrogen (secondary N) is 1. The Balaban J connectivity index is 1.95. The summed E-state index contributed by atoms with van der Waals surface area (Å²) in [4.78, 5) is 11.9. The third-order valence-corrected chi connectivity index (χ3v) is 4.14. The number of carbonyl (C=O) groups is 1. The van der Waals surface area contributed by atoms with Crippen LogP contribution in [0.4, 0.5) is 0 Å². The fourth-order valence-corrected chi connectivity index (χ4v) is 2.85. The number of thiophene rings is 1. The zero-order valence-electron chi connectivity index (χ0n) is 9.47. The topological polar surface area (TPSA) is 49.3 Å². The number of aliphatic hydroxyl groups is 1. The normalized spacial score (nSPS) is 12.1. The predicted molar refractivity (Wildman–Crippen MR) is 80.8 cm³/mol. The molecule has 0 radical (unpaired) electrons. The largest absolute Gasteiger partial charge is 0.387 e. The van der Waals surface area contributed by atoms with Gasteiger partial charge >= 0.3 is 0 Å². The average molecular weight is 373 g/mol. The molecule has 1 aromatic heterocycles. The Kier molecular flexibility index (Phi) is 4.73. The third-order valence-electron chi connectivity index (χ3n) is 2.50. The van der Waals surface area contributed by atoms with Crippen molar-refractivity contribution >= 4 is 39.8 Å². The zero-order valence-corrected chi connectivity index (χ0v) is 12.4. The highest BCUT2D eigenvalue weighted by molar-refractivity contribution is 14.1. The van der Waals surface area contributed by atoms with Crippen LogP contribution in [0.2, 0.25) is 0 Å². The highest BCUT2D eigenvalue weighted by Gasteiger charge is 2.12. The van der Waals surface area contributed by atoms with Gasteiger partial charge in [0, 0.05) is 10.1 Å². The number of carbonyl (C=O) groups excluding carboxylic acids is 1. The van der Waals surface area contributed by atoms with Gasteiger partial charge < -0.3 is 10.4 Å². The van der Waals surface area contributed by atoms with Crippen molar-refractivity contribution in [2.24, 2.45) is 0 Å². The molecule has 2 aromatic rings. The van der Waals surface area contributed by atoms with Gasteiger partial charge in [-0.2, -0.15) is 11.3 Å². The molecule has 1 aromatic carbocycles. The minimum absolute atomic E-state index is 0.158. The molecule has 5 heteroatoms. The van der Waals surface area contributed by atoms with Gasteiger partial charge in [-0.25, -0.2) is 0 Å². The number of rotatable bonds is 4. The SMILES string of the molecule is O=C(NCC(O)c1ccsc1)c1ccccc1I. The molecule has 0 aliphatic heterocycles. The quantitative estimate of drug-likeness (QED) is 0.810. The van der Waals surface area contributed by atoms with Gasteiger partial charge in [-0.05, 0) is 57.1 Å². The highest BCUT2D eigenvalue weighted by Crippen LogP contribution is 2.16. The van der Waals surface area contributed by atoms with E-state index in [4.69, 9.17) is 0 Å². The molecule has 0 spiro atoms. The van der Waals surface area contributed by atoms with Crippen molar-refractivity contribution in [3.05, 3.63) is 55.8 Å². The van der Waals surface area contributed by atoms with Crippen molar-refractivity contribution in [3.63, 3.8) is 0 Å². The van der Waals surface area contributed by atoms with E-state index in [1.807, 2.05) is 35.0 Å².